The molecular formula is C19H18FN3O. The highest BCUT2D eigenvalue weighted by Gasteiger charge is 2.43. The molecule has 0 spiro atoms. The normalized spacial score (nSPS) is 19.4. The Labute approximate surface area is 139 Å². The predicted octanol–water partition coefficient (Wildman–Crippen LogP) is 2.94. The molecule has 5 heteroatoms. The van der Waals surface area contributed by atoms with Gasteiger partial charge in [-0.1, -0.05) is 18.2 Å². The van der Waals surface area contributed by atoms with Gasteiger partial charge in [-0.2, -0.15) is 0 Å². The summed E-state index contributed by atoms with van der Waals surface area (Å²) in [5, 5.41) is 2.99. The smallest absolute Gasteiger partial charge is 0.223 e. The standard InChI is InChI=1S/C19H18FN3O/c20-14-6-4-13(5-7-14)16-11-17(16)19(24)21-9-8-15-12-23-10-2-1-3-18(23)22-15/h1-7,10,12,16-17H,8-9,11H2,(H,21,24)/t16-,17-/m1/s1. The number of pyridine rings is 1. The molecule has 0 saturated heterocycles. The van der Waals surface area contributed by atoms with Crippen molar-refractivity contribution in [1.82, 2.24) is 14.7 Å². The third-order valence-electron chi connectivity index (χ3n) is 4.52. The van der Waals surface area contributed by atoms with Crippen molar-refractivity contribution < 1.29 is 9.18 Å². The molecule has 2 heterocycles. The molecule has 1 saturated carbocycles. The number of rotatable bonds is 5. The van der Waals surface area contributed by atoms with E-state index in [0.717, 1.165) is 23.3 Å². The molecule has 4 nitrogen and oxygen atoms in total. The van der Waals surface area contributed by atoms with E-state index in [1.165, 1.54) is 12.1 Å². The monoisotopic (exact) mass is 323 g/mol. The van der Waals surface area contributed by atoms with E-state index in [-0.39, 0.29) is 23.6 Å². The number of hydrogen-bond donors (Lipinski definition) is 1. The van der Waals surface area contributed by atoms with Crippen LogP contribution in [0, 0.1) is 11.7 Å². The maximum atomic E-state index is 12.9. The number of imidazole rings is 1. The van der Waals surface area contributed by atoms with Crippen LogP contribution in [-0.4, -0.2) is 21.8 Å². The Bertz CT molecular complexity index is 839. The molecule has 0 aliphatic heterocycles. The molecule has 1 aromatic carbocycles. The second kappa shape index (κ2) is 6.07. The van der Waals surface area contributed by atoms with Gasteiger partial charge in [0.1, 0.15) is 11.5 Å². The Kier molecular flexibility index (Phi) is 3.76. The first kappa shape index (κ1) is 14.9. The van der Waals surface area contributed by atoms with Crippen molar-refractivity contribution in [2.45, 2.75) is 18.8 Å². The first-order valence-corrected chi connectivity index (χ1v) is 8.16. The first-order chi connectivity index (χ1) is 11.7. The summed E-state index contributed by atoms with van der Waals surface area (Å²) in [6.45, 7) is 0.579. The Morgan fingerprint density at radius 3 is 2.88 bits per heavy atom. The number of carbonyl (C=O) groups excluding carboxylic acids is 1. The molecule has 1 fully saturated rings. The van der Waals surface area contributed by atoms with E-state index in [2.05, 4.69) is 10.3 Å². The summed E-state index contributed by atoms with van der Waals surface area (Å²) in [6.07, 6.45) is 5.50. The number of hydrogen-bond acceptors (Lipinski definition) is 2. The van der Waals surface area contributed by atoms with Crippen LogP contribution in [0.15, 0.2) is 54.9 Å². The van der Waals surface area contributed by atoms with Gasteiger partial charge in [0.25, 0.3) is 0 Å². The summed E-state index contributed by atoms with van der Waals surface area (Å²) >= 11 is 0. The Balaban J connectivity index is 1.29. The molecule has 122 valence electrons. The second-order valence-corrected chi connectivity index (χ2v) is 6.24. The summed E-state index contributed by atoms with van der Waals surface area (Å²) in [5.74, 6) is 0.0678. The number of benzene rings is 1. The number of nitrogens with one attached hydrogen (secondary N) is 1. The molecule has 1 amide bonds. The van der Waals surface area contributed by atoms with Crippen molar-refractivity contribution in [3.8, 4) is 0 Å². The Hall–Kier alpha value is -2.69. The lowest BCUT2D eigenvalue weighted by molar-refractivity contribution is -0.122. The fourth-order valence-corrected chi connectivity index (χ4v) is 3.12. The van der Waals surface area contributed by atoms with Crippen LogP contribution in [-0.2, 0) is 11.2 Å². The molecule has 1 aliphatic rings. The zero-order valence-corrected chi connectivity index (χ0v) is 13.2. The van der Waals surface area contributed by atoms with Crippen LogP contribution in [0.1, 0.15) is 23.6 Å². The zero-order chi connectivity index (χ0) is 16.5. The summed E-state index contributed by atoms with van der Waals surface area (Å²) < 4.78 is 14.9. The molecule has 4 rings (SSSR count). The van der Waals surface area contributed by atoms with Crippen LogP contribution in [0.25, 0.3) is 5.65 Å². The second-order valence-electron chi connectivity index (χ2n) is 6.24. The minimum absolute atomic E-state index is 0.0107. The van der Waals surface area contributed by atoms with Gasteiger partial charge in [-0.15, -0.1) is 0 Å². The van der Waals surface area contributed by atoms with E-state index in [4.69, 9.17) is 0 Å². The van der Waals surface area contributed by atoms with E-state index in [9.17, 15) is 9.18 Å². The quantitative estimate of drug-likeness (QED) is 0.785. The van der Waals surface area contributed by atoms with Gasteiger partial charge in [-0.05, 0) is 42.2 Å². The van der Waals surface area contributed by atoms with E-state index < -0.39 is 0 Å². The molecule has 0 bridgehead atoms. The van der Waals surface area contributed by atoms with Crippen LogP contribution in [0.3, 0.4) is 0 Å². The molecule has 1 N–H and O–H groups in total. The van der Waals surface area contributed by atoms with Gasteiger partial charge in [-0.3, -0.25) is 4.79 Å². The summed E-state index contributed by atoms with van der Waals surface area (Å²) in [6, 6.07) is 12.3. The van der Waals surface area contributed by atoms with Crippen LogP contribution in [0.5, 0.6) is 0 Å². The van der Waals surface area contributed by atoms with Crippen molar-refractivity contribution in [2.75, 3.05) is 6.54 Å². The summed E-state index contributed by atoms with van der Waals surface area (Å²) in [7, 11) is 0. The van der Waals surface area contributed by atoms with E-state index in [1.807, 2.05) is 35.0 Å². The maximum Gasteiger partial charge on any atom is 0.223 e. The number of fused-ring (bicyclic) bond motifs is 1. The molecule has 2 aromatic heterocycles. The highest BCUT2D eigenvalue weighted by atomic mass is 19.1. The van der Waals surface area contributed by atoms with E-state index >= 15 is 0 Å². The third kappa shape index (κ3) is 3.02. The highest BCUT2D eigenvalue weighted by molar-refractivity contribution is 5.82. The SMILES string of the molecule is O=C(NCCc1cn2ccccc2n1)[C@@H]1C[C@@H]1c1ccc(F)cc1. The number of carbonyl (C=O) groups is 1. The number of aromatic nitrogens is 2. The fraction of sp³-hybridized carbons (Fsp3) is 0.263. The highest BCUT2D eigenvalue weighted by Crippen LogP contribution is 2.47. The third-order valence-corrected chi connectivity index (χ3v) is 4.52. The van der Waals surface area contributed by atoms with Gasteiger partial charge >= 0.3 is 0 Å². The number of amides is 1. The lowest BCUT2D eigenvalue weighted by Gasteiger charge is -2.04. The molecule has 0 unspecified atom stereocenters. The maximum absolute atomic E-state index is 12.9. The van der Waals surface area contributed by atoms with Crippen molar-refractivity contribution >= 4 is 11.6 Å². The van der Waals surface area contributed by atoms with Crippen LogP contribution < -0.4 is 5.32 Å². The molecule has 2 atom stereocenters. The van der Waals surface area contributed by atoms with E-state index in [1.54, 1.807) is 12.1 Å². The van der Waals surface area contributed by atoms with Gasteiger partial charge in [-0.25, -0.2) is 9.37 Å². The van der Waals surface area contributed by atoms with Crippen molar-refractivity contribution in [3.05, 3.63) is 71.9 Å². The largest absolute Gasteiger partial charge is 0.355 e. The molecule has 3 aromatic rings. The molecule has 24 heavy (non-hydrogen) atoms. The van der Waals surface area contributed by atoms with E-state index in [0.29, 0.717) is 13.0 Å². The molecule has 1 aliphatic carbocycles. The van der Waals surface area contributed by atoms with Crippen molar-refractivity contribution in [1.29, 1.82) is 0 Å². The van der Waals surface area contributed by atoms with Crippen LogP contribution in [0.2, 0.25) is 0 Å². The zero-order valence-electron chi connectivity index (χ0n) is 13.2. The summed E-state index contributed by atoms with van der Waals surface area (Å²) in [5.41, 5.74) is 2.92. The van der Waals surface area contributed by atoms with Gasteiger partial charge < -0.3 is 9.72 Å². The minimum Gasteiger partial charge on any atom is -0.355 e. The number of halogens is 1. The van der Waals surface area contributed by atoms with Crippen LogP contribution in [0.4, 0.5) is 4.39 Å². The first-order valence-electron chi connectivity index (χ1n) is 8.16. The molecular weight excluding hydrogens is 305 g/mol. The average Bonchev–Trinajstić information content (AvgIpc) is 3.28. The van der Waals surface area contributed by atoms with Gasteiger partial charge in [0.15, 0.2) is 0 Å². The fourth-order valence-electron chi connectivity index (χ4n) is 3.12. The van der Waals surface area contributed by atoms with Crippen LogP contribution >= 0.6 is 0 Å². The topological polar surface area (TPSA) is 46.4 Å². The minimum atomic E-state index is -0.243. The average molecular weight is 323 g/mol. The van der Waals surface area contributed by atoms with Crippen molar-refractivity contribution in [3.63, 3.8) is 0 Å². The summed E-state index contributed by atoms with van der Waals surface area (Å²) in [4.78, 5) is 16.7. The Morgan fingerprint density at radius 2 is 2.08 bits per heavy atom. The lowest BCUT2D eigenvalue weighted by atomic mass is 10.1. The number of nitrogens with zero attached hydrogens (tertiary/aromatic N) is 2. The lowest BCUT2D eigenvalue weighted by Crippen LogP contribution is -2.27. The van der Waals surface area contributed by atoms with Crippen molar-refractivity contribution in [2.24, 2.45) is 5.92 Å². The predicted molar refractivity (Wildman–Crippen MR) is 89.2 cm³/mol. The van der Waals surface area contributed by atoms with Gasteiger partial charge in [0, 0.05) is 31.3 Å². The Morgan fingerprint density at radius 1 is 1.25 bits per heavy atom. The molecule has 0 radical (unpaired) electrons. The van der Waals surface area contributed by atoms with Gasteiger partial charge in [0.2, 0.25) is 5.91 Å². The van der Waals surface area contributed by atoms with Gasteiger partial charge in [0.05, 0.1) is 5.69 Å².